The third kappa shape index (κ3) is 11.0. The Morgan fingerprint density at radius 2 is 2.00 bits per heavy atom. The van der Waals surface area contributed by atoms with Gasteiger partial charge in [0.25, 0.3) is 0 Å². The van der Waals surface area contributed by atoms with Gasteiger partial charge in [-0.15, -0.1) is 0 Å². The summed E-state index contributed by atoms with van der Waals surface area (Å²) in [4.78, 5) is 21.7. The van der Waals surface area contributed by atoms with Gasteiger partial charge in [0.2, 0.25) is 0 Å². The molecule has 17 heavy (non-hydrogen) atoms. The number of hydrogen-bond donors (Lipinski definition) is 3. The van der Waals surface area contributed by atoms with Crippen molar-refractivity contribution in [2.45, 2.75) is 26.2 Å². The van der Waals surface area contributed by atoms with Crippen molar-refractivity contribution in [3.63, 3.8) is 0 Å². The van der Waals surface area contributed by atoms with Gasteiger partial charge in [-0.2, -0.15) is 0 Å². The molecule has 0 aliphatic rings. The zero-order chi connectivity index (χ0) is 13.1. The quantitative estimate of drug-likeness (QED) is 0.526. The molecule has 0 aromatic rings. The summed E-state index contributed by atoms with van der Waals surface area (Å²) < 4.78 is 4.88. The number of carboxylic acids is 1. The number of hydrogen-bond acceptors (Lipinski definition) is 3. The van der Waals surface area contributed by atoms with Gasteiger partial charge in [0.15, 0.2) is 0 Å². The maximum Gasteiger partial charge on any atom is 0.314 e. The number of amides is 2. The van der Waals surface area contributed by atoms with Crippen LogP contribution in [0.5, 0.6) is 0 Å². The molecule has 2 amide bonds. The second kappa shape index (κ2) is 9.89. The smallest absolute Gasteiger partial charge is 0.314 e. The molecule has 100 valence electrons. The Kier molecular flexibility index (Phi) is 9.14. The summed E-state index contributed by atoms with van der Waals surface area (Å²) in [6.45, 7) is 3.45. The number of carbonyl (C=O) groups excluding carboxylic acids is 1. The predicted octanol–water partition coefficient (Wildman–Crippen LogP) is 0.823. The number of nitrogens with one attached hydrogen (secondary N) is 2. The Morgan fingerprint density at radius 3 is 2.59 bits per heavy atom. The molecule has 0 rings (SSSR count). The molecule has 6 heteroatoms. The number of carbonyl (C=O) groups is 2. The van der Waals surface area contributed by atoms with Gasteiger partial charge in [-0.05, 0) is 18.8 Å². The lowest BCUT2D eigenvalue weighted by atomic mass is 10.1. The Labute approximate surface area is 102 Å². The van der Waals surface area contributed by atoms with Crippen molar-refractivity contribution in [3.8, 4) is 0 Å². The molecular formula is C11H22N2O4. The first-order valence-corrected chi connectivity index (χ1v) is 5.78. The zero-order valence-corrected chi connectivity index (χ0v) is 10.5. The molecular weight excluding hydrogens is 224 g/mol. The van der Waals surface area contributed by atoms with E-state index in [1.54, 1.807) is 14.0 Å². The second-order valence-electron chi connectivity index (χ2n) is 4.04. The molecule has 0 aromatic heterocycles. The Bertz CT molecular complexity index is 234. The molecule has 0 spiro atoms. The highest BCUT2D eigenvalue weighted by atomic mass is 16.5. The first-order valence-electron chi connectivity index (χ1n) is 5.78. The zero-order valence-electron chi connectivity index (χ0n) is 10.5. The fraction of sp³-hybridized carbons (Fsp3) is 0.818. The first-order chi connectivity index (χ1) is 8.06. The molecule has 0 bridgehead atoms. The average Bonchev–Trinajstić information content (AvgIpc) is 2.25. The van der Waals surface area contributed by atoms with Crippen molar-refractivity contribution < 1.29 is 19.4 Å². The van der Waals surface area contributed by atoms with Crippen LogP contribution in [0.1, 0.15) is 26.2 Å². The maximum absolute atomic E-state index is 11.3. The fourth-order valence-electron chi connectivity index (χ4n) is 1.27. The highest BCUT2D eigenvalue weighted by molar-refractivity contribution is 5.73. The Morgan fingerprint density at radius 1 is 1.29 bits per heavy atom. The minimum atomic E-state index is -0.848. The number of urea groups is 1. The van der Waals surface area contributed by atoms with E-state index in [-0.39, 0.29) is 18.4 Å². The van der Waals surface area contributed by atoms with Gasteiger partial charge >= 0.3 is 12.0 Å². The monoisotopic (exact) mass is 246 g/mol. The standard InChI is InChI=1S/C11H22N2O4/c1-9(7-10(14)15)8-13-11(16)12-5-3-4-6-17-2/h9H,3-8H2,1-2H3,(H,14,15)(H2,12,13,16). The lowest BCUT2D eigenvalue weighted by molar-refractivity contribution is -0.137. The third-order valence-electron chi connectivity index (χ3n) is 2.19. The minimum Gasteiger partial charge on any atom is -0.481 e. The van der Waals surface area contributed by atoms with Crippen LogP contribution in [0.3, 0.4) is 0 Å². The van der Waals surface area contributed by atoms with Crippen LogP contribution in [0.4, 0.5) is 4.79 Å². The number of carboxylic acid groups (broad SMARTS) is 1. The molecule has 6 nitrogen and oxygen atoms in total. The van der Waals surface area contributed by atoms with E-state index >= 15 is 0 Å². The van der Waals surface area contributed by atoms with Crippen LogP contribution in [-0.4, -0.2) is 43.9 Å². The second-order valence-corrected chi connectivity index (χ2v) is 4.04. The van der Waals surface area contributed by atoms with E-state index in [9.17, 15) is 9.59 Å². The van der Waals surface area contributed by atoms with Crippen LogP contribution < -0.4 is 10.6 Å². The molecule has 1 atom stereocenters. The average molecular weight is 246 g/mol. The van der Waals surface area contributed by atoms with E-state index in [2.05, 4.69) is 10.6 Å². The fourth-order valence-corrected chi connectivity index (χ4v) is 1.27. The van der Waals surface area contributed by atoms with Gasteiger partial charge in [-0.25, -0.2) is 4.79 Å². The molecule has 1 unspecified atom stereocenters. The molecule has 0 aliphatic carbocycles. The number of ether oxygens (including phenoxy) is 1. The summed E-state index contributed by atoms with van der Waals surface area (Å²) in [5, 5.41) is 13.9. The lowest BCUT2D eigenvalue weighted by Crippen LogP contribution is -2.38. The minimum absolute atomic E-state index is 0.0632. The van der Waals surface area contributed by atoms with Crippen LogP contribution in [0.15, 0.2) is 0 Å². The highest BCUT2D eigenvalue weighted by Gasteiger charge is 2.08. The third-order valence-corrected chi connectivity index (χ3v) is 2.19. The number of aliphatic carboxylic acids is 1. The SMILES string of the molecule is COCCCCNC(=O)NCC(C)CC(=O)O. The lowest BCUT2D eigenvalue weighted by Gasteiger charge is -2.11. The molecule has 0 radical (unpaired) electrons. The van der Waals surface area contributed by atoms with E-state index in [0.717, 1.165) is 12.8 Å². The summed E-state index contributed by atoms with van der Waals surface area (Å²) in [6, 6.07) is -0.250. The van der Waals surface area contributed by atoms with Gasteiger partial charge in [-0.1, -0.05) is 6.92 Å². The highest BCUT2D eigenvalue weighted by Crippen LogP contribution is 1.98. The number of unbranched alkanes of at least 4 members (excludes halogenated alkanes) is 1. The van der Waals surface area contributed by atoms with E-state index in [1.165, 1.54) is 0 Å². The number of rotatable bonds is 9. The van der Waals surface area contributed by atoms with E-state index in [0.29, 0.717) is 19.7 Å². The largest absolute Gasteiger partial charge is 0.481 e. The summed E-state index contributed by atoms with van der Waals surface area (Å²) in [5.74, 6) is -0.911. The first kappa shape index (κ1) is 15.7. The molecule has 0 saturated carbocycles. The molecule has 0 aliphatic heterocycles. The molecule has 0 fully saturated rings. The van der Waals surface area contributed by atoms with Gasteiger partial charge in [0, 0.05) is 33.2 Å². The van der Waals surface area contributed by atoms with Gasteiger partial charge in [0.1, 0.15) is 0 Å². The normalized spacial score (nSPS) is 11.9. The van der Waals surface area contributed by atoms with Crippen LogP contribution in [0.25, 0.3) is 0 Å². The van der Waals surface area contributed by atoms with Crippen molar-refractivity contribution >= 4 is 12.0 Å². The maximum atomic E-state index is 11.3. The predicted molar refractivity (Wildman–Crippen MR) is 63.9 cm³/mol. The molecule has 0 saturated heterocycles. The van der Waals surface area contributed by atoms with Crippen molar-refractivity contribution in [1.82, 2.24) is 10.6 Å². The summed E-state index contributed by atoms with van der Waals surface area (Å²) in [6.07, 6.45) is 1.84. The molecule has 0 heterocycles. The van der Waals surface area contributed by atoms with Crippen molar-refractivity contribution in [2.24, 2.45) is 5.92 Å². The van der Waals surface area contributed by atoms with Gasteiger partial charge < -0.3 is 20.5 Å². The number of methoxy groups -OCH3 is 1. The Hall–Kier alpha value is -1.30. The Balaban J connectivity index is 3.42. The molecule has 0 aromatic carbocycles. The van der Waals surface area contributed by atoms with E-state index in [4.69, 9.17) is 9.84 Å². The van der Waals surface area contributed by atoms with Crippen molar-refractivity contribution in [2.75, 3.05) is 26.8 Å². The van der Waals surface area contributed by atoms with E-state index in [1.807, 2.05) is 0 Å². The molecule has 3 N–H and O–H groups in total. The van der Waals surface area contributed by atoms with Gasteiger partial charge in [0.05, 0.1) is 0 Å². The summed E-state index contributed by atoms with van der Waals surface area (Å²) >= 11 is 0. The van der Waals surface area contributed by atoms with E-state index < -0.39 is 5.97 Å². The topological polar surface area (TPSA) is 87.7 Å². The van der Waals surface area contributed by atoms with Crippen LogP contribution in [-0.2, 0) is 9.53 Å². The van der Waals surface area contributed by atoms with Crippen LogP contribution >= 0.6 is 0 Å². The summed E-state index contributed by atoms with van der Waals surface area (Å²) in [5.41, 5.74) is 0. The van der Waals surface area contributed by atoms with Crippen molar-refractivity contribution in [3.05, 3.63) is 0 Å². The van der Waals surface area contributed by atoms with Crippen LogP contribution in [0.2, 0.25) is 0 Å². The van der Waals surface area contributed by atoms with Gasteiger partial charge in [-0.3, -0.25) is 4.79 Å². The van der Waals surface area contributed by atoms with Crippen LogP contribution in [0, 0.1) is 5.92 Å². The van der Waals surface area contributed by atoms with Crippen molar-refractivity contribution in [1.29, 1.82) is 0 Å². The summed E-state index contributed by atoms with van der Waals surface area (Å²) in [7, 11) is 1.64.